The lowest BCUT2D eigenvalue weighted by atomic mass is 9.98. The monoisotopic (exact) mass is 188 g/mol. The Bertz CT molecular complexity index is 380. The SMILES string of the molecule is Cc1ccccc1[C@H]1CC(=O)C=CO1. The van der Waals surface area contributed by atoms with Crippen LogP contribution in [0, 0.1) is 6.92 Å². The first-order valence-corrected chi connectivity index (χ1v) is 4.68. The van der Waals surface area contributed by atoms with Gasteiger partial charge in [0.25, 0.3) is 0 Å². The van der Waals surface area contributed by atoms with Gasteiger partial charge in [-0.15, -0.1) is 0 Å². The maximum atomic E-state index is 11.2. The highest BCUT2D eigenvalue weighted by Crippen LogP contribution is 2.27. The molecule has 1 heterocycles. The second-order valence-corrected chi connectivity index (χ2v) is 3.45. The minimum absolute atomic E-state index is 0.103. The van der Waals surface area contributed by atoms with Crippen molar-refractivity contribution < 1.29 is 9.53 Å². The zero-order chi connectivity index (χ0) is 9.97. The second-order valence-electron chi connectivity index (χ2n) is 3.45. The molecule has 0 aromatic heterocycles. The van der Waals surface area contributed by atoms with Gasteiger partial charge in [-0.1, -0.05) is 24.3 Å². The van der Waals surface area contributed by atoms with E-state index < -0.39 is 0 Å². The third-order valence-electron chi connectivity index (χ3n) is 2.42. The quantitative estimate of drug-likeness (QED) is 0.677. The molecule has 1 aliphatic rings. The molecule has 2 rings (SSSR count). The normalized spacial score (nSPS) is 20.6. The predicted molar refractivity (Wildman–Crippen MR) is 53.8 cm³/mol. The first-order chi connectivity index (χ1) is 6.77. The zero-order valence-corrected chi connectivity index (χ0v) is 8.07. The molecule has 0 N–H and O–H groups in total. The van der Waals surface area contributed by atoms with Crippen molar-refractivity contribution >= 4 is 5.78 Å². The molecule has 1 aromatic rings. The van der Waals surface area contributed by atoms with Crippen molar-refractivity contribution in [3.05, 3.63) is 47.7 Å². The summed E-state index contributed by atoms with van der Waals surface area (Å²) in [6.45, 7) is 2.03. The predicted octanol–water partition coefficient (Wildman–Crippen LogP) is 2.54. The molecule has 0 saturated heterocycles. The summed E-state index contributed by atoms with van der Waals surface area (Å²) in [6, 6.07) is 7.99. The van der Waals surface area contributed by atoms with E-state index in [9.17, 15) is 4.79 Å². The van der Waals surface area contributed by atoms with E-state index in [1.807, 2.05) is 31.2 Å². The molecule has 1 aromatic carbocycles. The van der Waals surface area contributed by atoms with Crippen LogP contribution in [0.3, 0.4) is 0 Å². The van der Waals surface area contributed by atoms with Crippen LogP contribution in [0.15, 0.2) is 36.6 Å². The molecule has 0 aliphatic carbocycles. The third-order valence-corrected chi connectivity index (χ3v) is 2.42. The smallest absolute Gasteiger partial charge is 0.162 e. The van der Waals surface area contributed by atoms with E-state index in [1.165, 1.54) is 17.9 Å². The van der Waals surface area contributed by atoms with Crippen LogP contribution in [0.25, 0.3) is 0 Å². The number of carbonyl (C=O) groups is 1. The second kappa shape index (κ2) is 3.66. The van der Waals surface area contributed by atoms with Crippen LogP contribution in [-0.4, -0.2) is 5.78 Å². The number of carbonyl (C=O) groups excluding carboxylic acids is 1. The van der Waals surface area contributed by atoms with E-state index >= 15 is 0 Å². The van der Waals surface area contributed by atoms with Gasteiger partial charge in [-0.3, -0.25) is 4.79 Å². The molecule has 2 nitrogen and oxygen atoms in total. The summed E-state index contributed by atoms with van der Waals surface area (Å²) in [5.74, 6) is 0.129. The van der Waals surface area contributed by atoms with E-state index in [0.29, 0.717) is 6.42 Å². The van der Waals surface area contributed by atoms with Crippen LogP contribution in [-0.2, 0) is 9.53 Å². The maximum absolute atomic E-state index is 11.2. The molecule has 72 valence electrons. The molecule has 0 bridgehead atoms. The van der Waals surface area contributed by atoms with E-state index in [0.717, 1.165) is 5.56 Å². The van der Waals surface area contributed by atoms with Crippen LogP contribution in [0.4, 0.5) is 0 Å². The van der Waals surface area contributed by atoms with Gasteiger partial charge in [0.2, 0.25) is 0 Å². The molecule has 0 amide bonds. The average Bonchev–Trinajstić information content (AvgIpc) is 2.18. The van der Waals surface area contributed by atoms with Crippen molar-refractivity contribution in [3.63, 3.8) is 0 Å². The van der Waals surface area contributed by atoms with Crippen LogP contribution >= 0.6 is 0 Å². The Hall–Kier alpha value is -1.57. The van der Waals surface area contributed by atoms with Gasteiger partial charge in [-0.25, -0.2) is 0 Å². The van der Waals surface area contributed by atoms with Gasteiger partial charge >= 0.3 is 0 Å². The molecule has 0 radical (unpaired) electrons. The van der Waals surface area contributed by atoms with Gasteiger partial charge in [0.15, 0.2) is 5.78 Å². The zero-order valence-electron chi connectivity index (χ0n) is 8.07. The van der Waals surface area contributed by atoms with E-state index in [2.05, 4.69) is 0 Å². The highest BCUT2D eigenvalue weighted by molar-refractivity contribution is 5.90. The lowest BCUT2D eigenvalue weighted by Crippen LogP contribution is -2.12. The Morgan fingerprint density at radius 3 is 2.86 bits per heavy atom. The Labute approximate surface area is 83.2 Å². The van der Waals surface area contributed by atoms with Crippen molar-refractivity contribution in [1.82, 2.24) is 0 Å². The van der Waals surface area contributed by atoms with Crippen LogP contribution in [0.1, 0.15) is 23.7 Å². The summed E-state index contributed by atoms with van der Waals surface area (Å²) in [7, 11) is 0. The summed E-state index contributed by atoms with van der Waals surface area (Å²) >= 11 is 0. The Balaban J connectivity index is 2.28. The van der Waals surface area contributed by atoms with E-state index in [4.69, 9.17) is 4.74 Å². The number of hydrogen-bond acceptors (Lipinski definition) is 2. The van der Waals surface area contributed by atoms with Gasteiger partial charge < -0.3 is 4.74 Å². The first-order valence-electron chi connectivity index (χ1n) is 4.68. The number of benzene rings is 1. The molecule has 1 atom stereocenters. The summed E-state index contributed by atoms with van der Waals surface area (Å²) in [4.78, 5) is 11.2. The summed E-state index contributed by atoms with van der Waals surface area (Å²) < 4.78 is 5.41. The molecule has 14 heavy (non-hydrogen) atoms. The van der Waals surface area contributed by atoms with Crippen molar-refractivity contribution in [2.75, 3.05) is 0 Å². The van der Waals surface area contributed by atoms with Gasteiger partial charge in [0, 0.05) is 6.08 Å². The van der Waals surface area contributed by atoms with Crippen LogP contribution in [0.5, 0.6) is 0 Å². The van der Waals surface area contributed by atoms with Gasteiger partial charge in [0.1, 0.15) is 6.10 Å². The lowest BCUT2D eigenvalue weighted by molar-refractivity contribution is -0.118. The molecule has 0 saturated carbocycles. The molecule has 2 heteroatoms. The fourth-order valence-electron chi connectivity index (χ4n) is 1.64. The fourth-order valence-corrected chi connectivity index (χ4v) is 1.64. The minimum Gasteiger partial charge on any atom is -0.493 e. The summed E-state index contributed by atoms with van der Waals surface area (Å²) in [5, 5.41) is 0. The molecular weight excluding hydrogens is 176 g/mol. The molecule has 0 unspecified atom stereocenters. The largest absolute Gasteiger partial charge is 0.493 e. The molecule has 0 spiro atoms. The third kappa shape index (κ3) is 1.69. The van der Waals surface area contributed by atoms with Gasteiger partial charge in [-0.05, 0) is 18.1 Å². The lowest BCUT2D eigenvalue weighted by Gasteiger charge is -2.20. The van der Waals surface area contributed by atoms with Crippen molar-refractivity contribution in [2.24, 2.45) is 0 Å². The van der Waals surface area contributed by atoms with Crippen LogP contribution in [0.2, 0.25) is 0 Å². The number of allylic oxidation sites excluding steroid dienone is 1. The maximum Gasteiger partial charge on any atom is 0.162 e. The van der Waals surface area contributed by atoms with Crippen LogP contribution < -0.4 is 0 Å². The van der Waals surface area contributed by atoms with Crippen molar-refractivity contribution in [1.29, 1.82) is 0 Å². The highest BCUT2D eigenvalue weighted by Gasteiger charge is 2.19. The Kier molecular flexibility index (Phi) is 2.35. The molecule has 1 aliphatic heterocycles. The summed E-state index contributed by atoms with van der Waals surface area (Å²) in [5.41, 5.74) is 2.27. The van der Waals surface area contributed by atoms with E-state index in [-0.39, 0.29) is 11.9 Å². The highest BCUT2D eigenvalue weighted by atomic mass is 16.5. The van der Waals surface area contributed by atoms with Gasteiger partial charge in [0.05, 0.1) is 12.7 Å². The number of rotatable bonds is 1. The molecular formula is C12H12O2. The molecule has 0 fully saturated rings. The number of aryl methyl sites for hydroxylation is 1. The fraction of sp³-hybridized carbons (Fsp3) is 0.250. The van der Waals surface area contributed by atoms with Crippen molar-refractivity contribution in [2.45, 2.75) is 19.4 Å². The number of hydrogen-bond donors (Lipinski definition) is 0. The van der Waals surface area contributed by atoms with Crippen molar-refractivity contribution in [3.8, 4) is 0 Å². The minimum atomic E-state index is -0.103. The topological polar surface area (TPSA) is 26.3 Å². The Morgan fingerprint density at radius 1 is 1.36 bits per heavy atom. The standard InChI is InChI=1S/C12H12O2/c1-9-4-2-3-5-11(9)12-8-10(13)6-7-14-12/h2-7,12H,8H2,1H3/t12-/m1/s1. The summed E-state index contributed by atoms with van der Waals surface area (Å²) in [6.07, 6.45) is 3.31. The van der Waals surface area contributed by atoms with E-state index in [1.54, 1.807) is 0 Å². The van der Waals surface area contributed by atoms with Gasteiger partial charge in [-0.2, -0.15) is 0 Å². The Morgan fingerprint density at radius 2 is 2.14 bits per heavy atom. The average molecular weight is 188 g/mol. The number of ketones is 1. The first kappa shape index (κ1) is 9.00. The number of ether oxygens (including phenoxy) is 1.